The molecule has 24 heavy (non-hydrogen) atoms. The molecule has 0 bridgehead atoms. The molecule has 0 aliphatic heterocycles. The van der Waals surface area contributed by atoms with Crippen LogP contribution in [0.3, 0.4) is 0 Å². The van der Waals surface area contributed by atoms with Crippen molar-refractivity contribution in [2.24, 2.45) is 0 Å². The second-order valence-electron chi connectivity index (χ2n) is 5.93. The molecule has 0 saturated carbocycles. The fraction of sp³-hybridized carbons (Fsp3) is 0.316. The van der Waals surface area contributed by atoms with Crippen LogP contribution in [0.25, 0.3) is 0 Å². The first kappa shape index (κ1) is 18.0. The van der Waals surface area contributed by atoms with Gasteiger partial charge in [0.15, 0.2) is 0 Å². The van der Waals surface area contributed by atoms with E-state index in [4.69, 9.17) is 5.11 Å². The van der Waals surface area contributed by atoms with Crippen molar-refractivity contribution >= 4 is 5.97 Å². The number of benzene rings is 2. The molecule has 0 fully saturated rings. The number of hydrogen-bond acceptors (Lipinski definition) is 4. The summed E-state index contributed by atoms with van der Waals surface area (Å²) in [6, 6.07) is 14.5. The van der Waals surface area contributed by atoms with Gasteiger partial charge in [0.2, 0.25) is 0 Å². The Labute approximate surface area is 141 Å². The fourth-order valence-corrected chi connectivity index (χ4v) is 2.49. The summed E-state index contributed by atoms with van der Waals surface area (Å²) in [6.07, 6.45) is 1.06. The summed E-state index contributed by atoms with van der Waals surface area (Å²) < 4.78 is 0. The van der Waals surface area contributed by atoms with Gasteiger partial charge < -0.3 is 20.6 Å². The molecule has 0 aliphatic rings. The molecule has 0 saturated heterocycles. The van der Waals surface area contributed by atoms with Gasteiger partial charge in [-0.3, -0.25) is 0 Å². The lowest BCUT2D eigenvalue weighted by molar-refractivity contribution is 0.0693. The Bertz CT molecular complexity index is 672. The van der Waals surface area contributed by atoms with Crippen molar-refractivity contribution in [2.75, 3.05) is 6.54 Å². The largest absolute Gasteiger partial charge is 0.507 e. The zero-order chi connectivity index (χ0) is 17.5. The molecule has 4 N–H and O–H groups in total. The predicted octanol–water partition coefficient (Wildman–Crippen LogP) is 2.73. The minimum Gasteiger partial charge on any atom is -0.507 e. The molecule has 0 aromatic heterocycles. The number of aliphatic hydroxyl groups is 1. The van der Waals surface area contributed by atoms with Crippen molar-refractivity contribution in [3.63, 3.8) is 0 Å². The maximum absolute atomic E-state index is 11.0. The highest BCUT2D eigenvalue weighted by Gasteiger charge is 2.15. The first-order valence-corrected chi connectivity index (χ1v) is 7.99. The number of hydrogen-bond donors (Lipinski definition) is 4. The molecule has 2 atom stereocenters. The summed E-state index contributed by atoms with van der Waals surface area (Å²) in [4.78, 5) is 11.0. The maximum Gasteiger partial charge on any atom is 0.339 e. The average molecular weight is 329 g/mol. The van der Waals surface area contributed by atoms with Crippen molar-refractivity contribution < 1.29 is 20.1 Å². The van der Waals surface area contributed by atoms with Gasteiger partial charge in [-0.2, -0.15) is 0 Å². The van der Waals surface area contributed by atoms with E-state index in [9.17, 15) is 15.0 Å². The van der Waals surface area contributed by atoms with Gasteiger partial charge in [-0.15, -0.1) is 0 Å². The molecule has 5 nitrogen and oxygen atoms in total. The van der Waals surface area contributed by atoms with Gasteiger partial charge in [0.25, 0.3) is 0 Å². The van der Waals surface area contributed by atoms with E-state index < -0.39 is 12.1 Å². The van der Waals surface area contributed by atoms with Crippen LogP contribution in [-0.4, -0.2) is 33.9 Å². The van der Waals surface area contributed by atoms with E-state index in [0.717, 1.165) is 12.8 Å². The molecule has 128 valence electrons. The van der Waals surface area contributed by atoms with Gasteiger partial charge >= 0.3 is 5.97 Å². The molecule has 2 aromatic rings. The lowest BCUT2D eigenvalue weighted by Gasteiger charge is -2.18. The number of nitrogens with one attached hydrogen (secondary N) is 1. The SMILES string of the molecule is CC(CCc1ccccc1)NCC(O)c1ccc(O)c(C(=O)O)c1. The van der Waals surface area contributed by atoms with Crippen molar-refractivity contribution in [3.05, 3.63) is 65.2 Å². The summed E-state index contributed by atoms with van der Waals surface area (Å²) in [6.45, 7) is 2.37. The number of aromatic hydroxyl groups is 1. The monoisotopic (exact) mass is 329 g/mol. The zero-order valence-electron chi connectivity index (χ0n) is 13.6. The number of rotatable bonds is 8. The number of aromatic carboxylic acids is 1. The summed E-state index contributed by atoms with van der Waals surface area (Å²) in [5.74, 6) is -1.52. The summed E-state index contributed by atoms with van der Waals surface area (Å²) in [5, 5.41) is 32.0. The number of carbonyl (C=O) groups is 1. The minimum atomic E-state index is -1.22. The molecule has 2 aromatic carbocycles. The first-order chi connectivity index (χ1) is 11.5. The normalized spacial score (nSPS) is 13.4. The van der Waals surface area contributed by atoms with Crippen LogP contribution in [0, 0.1) is 0 Å². The van der Waals surface area contributed by atoms with E-state index in [1.807, 2.05) is 18.2 Å². The smallest absolute Gasteiger partial charge is 0.339 e. The summed E-state index contributed by atoms with van der Waals surface area (Å²) >= 11 is 0. The Balaban J connectivity index is 1.85. The van der Waals surface area contributed by atoms with Crippen LogP contribution in [0.5, 0.6) is 5.75 Å². The Hall–Kier alpha value is -2.37. The number of carboxylic acids is 1. The van der Waals surface area contributed by atoms with E-state index in [2.05, 4.69) is 24.4 Å². The minimum absolute atomic E-state index is 0.205. The third kappa shape index (κ3) is 5.08. The second kappa shape index (κ2) is 8.47. The van der Waals surface area contributed by atoms with Crippen molar-refractivity contribution in [3.8, 4) is 5.75 Å². The van der Waals surface area contributed by atoms with Crippen molar-refractivity contribution in [2.45, 2.75) is 31.9 Å². The Morgan fingerprint density at radius 3 is 2.54 bits per heavy atom. The molecular weight excluding hydrogens is 306 g/mol. The third-order valence-electron chi connectivity index (χ3n) is 4.00. The van der Waals surface area contributed by atoms with Gasteiger partial charge in [0, 0.05) is 12.6 Å². The molecule has 2 rings (SSSR count). The van der Waals surface area contributed by atoms with Gasteiger partial charge in [0.1, 0.15) is 11.3 Å². The molecule has 0 radical (unpaired) electrons. The molecule has 0 amide bonds. The highest BCUT2D eigenvalue weighted by molar-refractivity contribution is 5.90. The molecule has 2 unspecified atom stereocenters. The van der Waals surface area contributed by atoms with E-state index >= 15 is 0 Å². The maximum atomic E-state index is 11.0. The van der Waals surface area contributed by atoms with Crippen molar-refractivity contribution in [1.82, 2.24) is 5.32 Å². The Morgan fingerprint density at radius 2 is 1.88 bits per heavy atom. The van der Waals surface area contributed by atoms with Crippen LogP contribution < -0.4 is 5.32 Å². The van der Waals surface area contributed by atoms with Crippen LogP contribution in [0.15, 0.2) is 48.5 Å². The van der Waals surface area contributed by atoms with E-state index in [-0.39, 0.29) is 17.4 Å². The first-order valence-electron chi connectivity index (χ1n) is 7.99. The van der Waals surface area contributed by atoms with Crippen LogP contribution in [0.4, 0.5) is 0 Å². The Kier molecular flexibility index (Phi) is 6.35. The fourth-order valence-electron chi connectivity index (χ4n) is 2.49. The lowest BCUT2D eigenvalue weighted by atomic mass is 10.0. The highest BCUT2D eigenvalue weighted by atomic mass is 16.4. The number of carboxylic acid groups (broad SMARTS) is 1. The summed E-state index contributed by atoms with van der Waals surface area (Å²) in [7, 11) is 0. The topological polar surface area (TPSA) is 89.8 Å². The van der Waals surface area contributed by atoms with Gasteiger partial charge in [0.05, 0.1) is 6.10 Å². The van der Waals surface area contributed by atoms with E-state index in [1.165, 1.54) is 23.8 Å². The highest BCUT2D eigenvalue weighted by Crippen LogP contribution is 2.22. The average Bonchev–Trinajstić information content (AvgIpc) is 2.59. The van der Waals surface area contributed by atoms with E-state index in [1.54, 1.807) is 0 Å². The molecular formula is C19H23NO4. The Morgan fingerprint density at radius 1 is 1.17 bits per heavy atom. The van der Waals surface area contributed by atoms with Crippen LogP contribution in [0.1, 0.15) is 40.9 Å². The van der Waals surface area contributed by atoms with E-state index in [0.29, 0.717) is 12.1 Å². The van der Waals surface area contributed by atoms with Crippen molar-refractivity contribution in [1.29, 1.82) is 0 Å². The molecule has 5 heteroatoms. The third-order valence-corrected chi connectivity index (χ3v) is 4.00. The predicted molar refractivity (Wildman–Crippen MR) is 92.3 cm³/mol. The number of aliphatic hydroxyl groups excluding tert-OH is 1. The molecule has 0 heterocycles. The number of phenols is 1. The van der Waals surface area contributed by atoms with Crippen LogP contribution >= 0.6 is 0 Å². The molecule has 0 spiro atoms. The van der Waals surface area contributed by atoms with Gasteiger partial charge in [-0.05, 0) is 43.0 Å². The standard InChI is InChI=1S/C19H23NO4/c1-13(7-8-14-5-3-2-4-6-14)20-12-18(22)15-9-10-17(21)16(11-15)19(23)24/h2-6,9-11,13,18,20-22H,7-8,12H2,1H3,(H,23,24). The summed E-state index contributed by atoms with van der Waals surface area (Å²) in [5.41, 5.74) is 1.54. The van der Waals surface area contributed by atoms with Crippen LogP contribution in [-0.2, 0) is 6.42 Å². The van der Waals surface area contributed by atoms with Gasteiger partial charge in [-0.1, -0.05) is 36.4 Å². The molecule has 0 aliphatic carbocycles. The van der Waals surface area contributed by atoms with Gasteiger partial charge in [-0.25, -0.2) is 4.79 Å². The number of aryl methyl sites for hydroxylation is 1. The second-order valence-corrected chi connectivity index (χ2v) is 5.93. The quantitative estimate of drug-likeness (QED) is 0.598. The van der Waals surface area contributed by atoms with Crippen LogP contribution in [0.2, 0.25) is 0 Å². The lowest BCUT2D eigenvalue weighted by Crippen LogP contribution is -2.30. The zero-order valence-corrected chi connectivity index (χ0v) is 13.6.